The average Bonchev–Trinajstić information content (AvgIpc) is 3.54. The molecule has 1 fully saturated rings. The van der Waals surface area contributed by atoms with Crippen LogP contribution in [0.25, 0.3) is 11.1 Å². The molecule has 2 aromatic carbocycles. The van der Waals surface area contributed by atoms with Gasteiger partial charge in [0.1, 0.15) is 5.78 Å². The molecule has 31 heavy (non-hydrogen) atoms. The fraction of sp³-hybridized carbons (Fsp3) is 0.391. The van der Waals surface area contributed by atoms with E-state index in [0.29, 0.717) is 40.2 Å². The van der Waals surface area contributed by atoms with E-state index in [-0.39, 0.29) is 18.2 Å². The lowest BCUT2D eigenvalue weighted by atomic mass is 9.93. The highest BCUT2D eigenvalue weighted by Crippen LogP contribution is 2.35. The third-order valence-corrected chi connectivity index (χ3v) is 5.65. The van der Waals surface area contributed by atoms with Crippen LogP contribution in [-0.4, -0.2) is 23.4 Å². The highest BCUT2D eigenvalue weighted by Gasteiger charge is 2.31. The first-order chi connectivity index (χ1) is 14.6. The minimum Gasteiger partial charge on any atom is -0.481 e. The van der Waals surface area contributed by atoms with Crippen molar-refractivity contribution in [3.63, 3.8) is 0 Å². The number of carboxylic acids is 1. The van der Waals surface area contributed by atoms with Crippen molar-refractivity contribution in [2.75, 3.05) is 6.54 Å². The quantitative estimate of drug-likeness (QED) is 0.480. The Hall–Kier alpha value is -2.38. The number of alkyl halides is 3. The minimum absolute atomic E-state index is 0.132. The number of carboxylic acid groups (broad SMARTS) is 1. The number of nitrogens with one attached hydrogen (secondary N) is 1. The van der Waals surface area contributed by atoms with Crippen molar-refractivity contribution in [3.8, 4) is 11.1 Å². The lowest BCUT2D eigenvalue weighted by Crippen LogP contribution is -2.19. The topological polar surface area (TPSA) is 66.4 Å². The van der Waals surface area contributed by atoms with Crippen LogP contribution in [0.4, 0.5) is 13.2 Å². The fourth-order valence-corrected chi connectivity index (χ4v) is 3.65. The number of hydrogen-bond acceptors (Lipinski definition) is 3. The summed E-state index contributed by atoms with van der Waals surface area (Å²) in [5.74, 6) is -1.52. The number of ketones is 1. The fourth-order valence-electron chi connectivity index (χ4n) is 3.40. The molecule has 166 valence electrons. The number of rotatable bonds is 9. The van der Waals surface area contributed by atoms with Crippen LogP contribution in [0.15, 0.2) is 36.4 Å². The smallest absolute Gasteiger partial charge is 0.416 e. The van der Waals surface area contributed by atoms with E-state index in [1.54, 1.807) is 12.1 Å². The second-order valence-electron chi connectivity index (χ2n) is 7.87. The maximum Gasteiger partial charge on any atom is 0.416 e. The predicted octanol–water partition coefficient (Wildman–Crippen LogP) is 5.67. The molecule has 0 aromatic heterocycles. The van der Waals surface area contributed by atoms with Crippen molar-refractivity contribution >= 4 is 23.4 Å². The van der Waals surface area contributed by atoms with E-state index >= 15 is 0 Å². The van der Waals surface area contributed by atoms with Gasteiger partial charge in [-0.2, -0.15) is 13.2 Å². The molecule has 0 amide bonds. The molecule has 1 atom stereocenters. The standard InChI is InChI=1S/C23H23ClF3NO3/c1-13(22(30)31)15-8-16(11-19(24)10-15)20-5-4-18(23(25,26)27)9-17(20)12-28-7-6-21(29)14-2-3-14/h4-5,8-11,13-14,28H,2-3,6-7,12H2,1H3,(H,30,31). The molecule has 0 heterocycles. The van der Waals surface area contributed by atoms with Crippen molar-refractivity contribution in [1.82, 2.24) is 5.32 Å². The minimum atomic E-state index is -4.49. The molecule has 8 heteroatoms. The Labute approximate surface area is 183 Å². The lowest BCUT2D eigenvalue weighted by Gasteiger charge is -2.16. The van der Waals surface area contributed by atoms with Crippen molar-refractivity contribution in [3.05, 3.63) is 58.1 Å². The highest BCUT2D eigenvalue weighted by atomic mass is 35.5. The molecule has 0 radical (unpaired) electrons. The molecule has 1 aliphatic rings. The van der Waals surface area contributed by atoms with Crippen LogP contribution < -0.4 is 5.32 Å². The van der Waals surface area contributed by atoms with E-state index in [4.69, 9.17) is 11.6 Å². The van der Waals surface area contributed by atoms with Gasteiger partial charge in [-0.15, -0.1) is 0 Å². The summed E-state index contributed by atoms with van der Waals surface area (Å²) in [6, 6.07) is 8.21. The molecule has 0 saturated heterocycles. The molecule has 0 aliphatic heterocycles. The maximum absolute atomic E-state index is 13.3. The van der Waals surface area contributed by atoms with Gasteiger partial charge in [0.05, 0.1) is 11.5 Å². The Bertz CT molecular complexity index is 987. The van der Waals surface area contributed by atoms with E-state index in [1.807, 2.05) is 0 Å². The van der Waals surface area contributed by atoms with E-state index in [0.717, 1.165) is 25.0 Å². The van der Waals surface area contributed by atoms with E-state index in [2.05, 4.69) is 5.32 Å². The second-order valence-corrected chi connectivity index (χ2v) is 8.31. The van der Waals surface area contributed by atoms with Gasteiger partial charge in [0.2, 0.25) is 0 Å². The van der Waals surface area contributed by atoms with Crippen LogP contribution in [0, 0.1) is 5.92 Å². The van der Waals surface area contributed by atoms with Gasteiger partial charge in [-0.25, -0.2) is 0 Å². The Kier molecular flexibility index (Phi) is 7.06. The van der Waals surface area contributed by atoms with Crippen molar-refractivity contribution < 1.29 is 27.9 Å². The molecule has 0 spiro atoms. The maximum atomic E-state index is 13.3. The third-order valence-electron chi connectivity index (χ3n) is 5.43. The van der Waals surface area contributed by atoms with Gasteiger partial charge in [0, 0.05) is 30.5 Å². The molecule has 3 rings (SSSR count). The third kappa shape index (κ3) is 6.08. The van der Waals surface area contributed by atoms with E-state index < -0.39 is 23.6 Å². The van der Waals surface area contributed by atoms with E-state index in [9.17, 15) is 27.9 Å². The number of carbonyl (C=O) groups excluding carboxylic acids is 1. The molecule has 1 aliphatic carbocycles. The molecule has 2 aromatic rings. The van der Waals surface area contributed by atoms with Gasteiger partial charge in [0.25, 0.3) is 0 Å². The molecule has 1 saturated carbocycles. The summed E-state index contributed by atoms with van der Waals surface area (Å²) in [7, 11) is 0. The van der Waals surface area contributed by atoms with Crippen LogP contribution in [-0.2, 0) is 22.3 Å². The highest BCUT2D eigenvalue weighted by molar-refractivity contribution is 6.31. The zero-order valence-electron chi connectivity index (χ0n) is 16.9. The van der Waals surface area contributed by atoms with Crippen molar-refractivity contribution in [2.24, 2.45) is 5.92 Å². The van der Waals surface area contributed by atoms with E-state index in [1.165, 1.54) is 19.1 Å². The monoisotopic (exact) mass is 453 g/mol. The molecular formula is C23H23ClF3NO3. The predicted molar refractivity (Wildman–Crippen MR) is 112 cm³/mol. The Balaban J connectivity index is 1.89. The van der Waals surface area contributed by atoms with Crippen LogP contribution in [0.1, 0.15) is 48.8 Å². The summed E-state index contributed by atoms with van der Waals surface area (Å²) in [6.07, 6.45) is -2.31. The first-order valence-electron chi connectivity index (χ1n) is 10.0. The molecule has 2 N–H and O–H groups in total. The summed E-state index contributed by atoms with van der Waals surface area (Å²) in [5.41, 5.74) is 1.14. The number of aliphatic carboxylic acids is 1. The molecule has 1 unspecified atom stereocenters. The summed E-state index contributed by atoms with van der Waals surface area (Å²) in [6.45, 7) is 2.03. The Morgan fingerprint density at radius 3 is 2.52 bits per heavy atom. The zero-order valence-corrected chi connectivity index (χ0v) is 17.7. The first-order valence-corrected chi connectivity index (χ1v) is 10.4. The number of halogens is 4. The number of hydrogen-bond donors (Lipinski definition) is 2. The van der Waals surface area contributed by atoms with Gasteiger partial charge in [-0.3, -0.25) is 9.59 Å². The zero-order chi connectivity index (χ0) is 22.8. The van der Waals surface area contributed by atoms with Gasteiger partial charge < -0.3 is 10.4 Å². The summed E-state index contributed by atoms with van der Waals surface area (Å²) in [5, 5.41) is 12.7. The first kappa shape index (κ1) is 23.3. The molecular weight excluding hydrogens is 431 g/mol. The molecule has 0 bridgehead atoms. The summed E-state index contributed by atoms with van der Waals surface area (Å²) < 4.78 is 39.8. The van der Waals surface area contributed by atoms with Crippen molar-refractivity contribution in [2.45, 2.75) is 44.8 Å². The lowest BCUT2D eigenvalue weighted by molar-refractivity contribution is -0.139. The average molecular weight is 454 g/mol. The SMILES string of the molecule is CC(C(=O)O)c1cc(Cl)cc(-c2ccc(C(F)(F)F)cc2CNCCC(=O)C2CC2)c1. The Morgan fingerprint density at radius 2 is 1.90 bits per heavy atom. The van der Waals surface area contributed by atoms with Crippen LogP contribution in [0.5, 0.6) is 0 Å². The van der Waals surface area contributed by atoms with Crippen LogP contribution in [0.2, 0.25) is 5.02 Å². The largest absolute Gasteiger partial charge is 0.481 e. The van der Waals surface area contributed by atoms with Gasteiger partial charge in [0.15, 0.2) is 0 Å². The van der Waals surface area contributed by atoms with Gasteiger partial charge >= 0.3 is 12.1 Å². The van der Waals surface area contributed by atoms with Crippen molar-refractivity contribution in [1.29, 1.82) is 0 Å². The number of benzene rings is 2. The summed E-state index contributed by atoms with van der Waals surface area (Å²) in [4.78, 5) is 23.2. The number of Topliss-reactive ketones (excluding diaryl/α,β-unsaturated/α-hetero) is 1. The van der Waals surface area contributed by atoms with Crippen LogP contribution >= 0.6 is 11.6 Å². The normalized spacial score (nSPS) is 15.0. The van der Waals surface area contributed by atoms with Gasteiger partial charge in [-0.05, 0) is 66.3 Å². The summed E-state index contributed by atoms with van der Waals surface area (Å²) >= 11 is 6.18. The van der Waals surface area contributed by atoms with Gasteiger partial charge in [-0.1, -0.05) is 23.7 Å². The number of carbonyl (C=O) groups is 2. The Morgan fingerprint density at radius 1 is 1.19 bits per heavy atom. The second kappa shape index (κ2) is 9.40. The van der Waals surface area contributed by atoms with Crippen LogP contribution in [0.3, 0.4) is 0 Å². The molecule has 4 nitrogen and oxygen atoms in total.